The molecule has 0 heterocycles. The van der Waals surface area contributed by atoms with Gasteiger partial charge >= 0.3 is 11.9 Å². The molecule has 0 aromatic rings. The van der Waals surface area contributed by atoms with Crippen LogP contribution < -0.4 is 0 Å². The highest BCUT2D eigenvalue weighted by Gasteiger charge is 2.16. The molecule has 1 N–H and O–H groups in total. The first-order valence-electron chi connectivity index (χ1n) is 19.8. The first-order valence-corrected chi connectivity index (χ1v) is 19.8. The van der Waals surface area contributed by atoms with Crippen LogP contribution in [-0.4, -0.2) is 36.4 Å². The maximum Gasteiger partial charge on any atom is 0.306 e. The first kappa shape index (κ1) is 43.9. The summed E-state index contributed by atoms with van der Waals surface area (Å²) < 4.78 is 10.6. The van der Waals surface area contributed by atoms with Crippen LogP contribution in [-0.2, 0) is 19.1 Å². The van der Waals surface area contributed by atoms with Crippen molar-refractivity contribution < 1.29 is 24.2 Å². The monoisotopic (exact) mass is 639 g/mol. The number of rotatable bonds is 35. The second-order valence-corrected chi connectivity index (χ2v) is 14.7. The number of hydrogen-bond donors (Lipinski definition) is 1. The number of carbonyl (C=O) groups excluding carboxylic acids is 2. The summed E-state index contributed by atoms with van der Waals surface area (Å²) in [5.41, 5.74) is 0. The van der Waals surface area contributed by atoms with E-state index in [1.54, 1.807) is 0 Å². The molecule has 0 saturated heterocycles. The summed E-state index contributed by atoms with van der Waals surface area (Å²) in [5.74, 6) is 1.11. The SMILES string of the molecule is CC(C)CCCCCCCCCCCCCCCCC(=O)O[C@@H](CO)COC(=O)CCCCCCCCCCCCCC(C)C. The van der Waals surface area contributed by atoms with E-state index in [2.05, 4.69) is 27.7 Å². The number of unbranched alkanes of at least 4 members (excludes halogenated alkanes) is 23. The van der Waals surface area contributed by atoms with E-state index in [1.165, 1.54) is 135 Å². The normalized spacial score (nSPS) is 12.2. The van der Waals surface area contributed by atoms with Gasteiger partial charge in [0.05, 0.1) is 6.61 Å². The van der Waals surface area contributed by atoms with Crippen LogP contribution >= 0.6 is 0 Å². The van der Waals surface area contributed by atoms with Gasteiger partial charge in [0.1, 0.15) is 6.61 Å². The minimum Gasteiger partial charge on any atom is -0.462 e. The van der Waals surface area contributed by atoms with Crippen molar-refractivity contribution in [1.82, 2.24) is 0 Å². The van der Waals surface area contributed by atoms with E-state index in [0.29, 0.717) is 12.8 Å². The number of hydrogen-bond acceptors (Lipinski definition) is 5. The molecule has 5 heteroatoms. The van der Waals surface area contributed by atoms with Gasteiger partial charge in [-0.25, -0.2) is 0 Å². The van der Waals surface area contributed by atoms with Crippen molar-refractivity contribution in [3.8, 4) is 0 Å². The van der Waals surface area contributed by atoms with Crippen LogP contribution in [0.1, 0.15) is 214 Å². The highest BCUT2D eigenvalue weighted by atomic mass is 16.6. The lowest BCUT2D eigenvalue weighted by Gasteiger charge is -2.15. The Morgan fingerprint density at radius 2 is 0.733 bits per heavy atom. The Kier molecular flexibility index (Phi) is 33.4. The third-order valence-corrected chi connectivity index (χ3v) is 9.01. The standard InChI is InChI=1S/C40H78O5/c1-36(2)30-26-22-18-14-10-7-5-6-8-12-17-21-25-29-33-40(43)45-38(34-41)35-44-39(42)32-28-24-20-16-13-9-11-15-19-23-27-31-37(3)4/h36-38,41H,5-35H2,1-4H3/t38-/m0/s1. The minimum atomic E-state index is -0.762. The number of aliphatic hydroxyl groups excluding tert-OH is 1. The van der Waals surface area contributed by atoms with Crippen molar-refractivity contribution in [1.29, 1.82) is 0 Å². The van der Waals surface area contributed by atoms with E-state index in [-0.39, 0.29) is 25.2 Å². The Morgan fingerprint density at radius 1 is 0.444 bits per heavy atom. The largest absolute Gasteiger partial charge is 0.462 e. The van der Waals surface area contributed by atoms with Gasteiger partial charge in [-0.1, -0.05) is 188 Å². The summed E-state index contributed by atoms with van der Waals surface area (Å²) in [5, 5.41) is 9.55. The molecule has 0 radical (unpaired) electrons. The summed E-state index contributed by atoms with van der Waals surface area (Å²) in [6, 6.07) is 0. The molecule has 1 atom stereocenters. The van der Waals surface area contributed by atoms with Crippen LogP contribution in [0.2, 0.25) is 0 Å². The fraction of sp³-hybridized carbons (Fsp3) is 0.950. The topological polar surface area (TPSA) is 72.8 Å². The number of carbonyl (C=O) groups is 2. The van der Waals surface area contributed by atoms with Gasteiger partial charge in [-0.05, 0) is 24.7 Å². The van der Waals surface area contributed by atoms with Gasteiger partial charge in [0.15, 0.2) is 6.10 Å². The highest BCUT2D eigenvalue weighted by Crippen LogP contribution is 2.16. The van der Waals surface area contributed by atoms with Gasteiger partial charge in [0.25, 0.3) is 0 Å². The van der Waals surface area contributed by atoms with Crippen molar-refractivity contribution >= 4 is 11.9 Å². The lowest BCUT2D eigenvalue weighted by Crippen LogP contribution is -2.28. The zero-order chi connectivity index (χ0) is 33.2. The second-order valence-electron chi connectivity index (χ2n) is 14.7. The molecule has 0 saturated carbocycles. The van der Waals surface area contributed by atoms with Gasteiger partial charge in [0.2, 0.25) is 0 Å². The molecule has 45 heavy (non-hydrogen) atoms. The highest BCUT2D eigenvalue weighted by molar-refractivity contribution is 5.70. The van der Waals surface area contributed by atoms with Crippen molar-refractivity contribution in [2.45, 2.75) is 220 Å². The van der Waals surface area contributed by atoms with Gasteiger partial charge < -0.3 is 14.6 Å². The Morgan fingerprint density at radius 3 is 1.04 bits per heavy atom. The maximum absolute atomic E-state index is 12.2. The lowest BCUT2D eigenvalue weighted by atomic mass is 10.0. The third kappa shape index (κ3) is 35.6. The number of ether oxygens (including phenoxy) is 2. The van der Waals surface area contributed by atoms with Crippen molar-refractivity contribution in [3.63, 3.8) is 0 Å². The molecule has 0 aliphatic heterocycles. The lowest BCUT2D eigenvalue weighted by molar-refractivity contribution is -0.161. The van der Waals surface area contributed by atoms with Crippen LogP contribution in [0.3, 0.4) is 0 Å². The molecule has 0 aliphatic rings. The summed E-state index contributed by atoms with van der Waals surface area (Å²) in [7, 11) is 0. The molecule has 0 spiro atoms. The van der Waals surface area contributed by atoms with Gasteiger partial charge in [-0.15, -0.1) is 0 Å². The summed E-state index contributed by atoms with van der Waals surface area (Å²) in [6.45, 7) is 8.85. The zero-order valence-corrected chi connectivity index (χ0v) is 30.7. The second kappa shape index (κ2) is 34.2. The van der Waals surface area contributed by atoms with E-state index in [4.69, 9.17) is 9.47 Å². The Labute approximate surface area is 280 Å². The van der Waals surface area contributed by atoms with Gasteiger partial charge in [0, 0.05) is 12.8 Å². The molecule has 0 aromatic carbocycles. The number of aliphatic hydroxyl groups is 1. The van der Waals surface area contributed by atoms with Crippen molar-refractivity contribution in [2.75, 3.05) is 13.2 Å². The molecule has 5 nitrogen and oxygen atoms in total. The van der Waals surface area contributed by atoms with Crippen molar-refractivity contribution in [2.24, 2.45) is 11.8 Å². The Bertz CT molecular complexity index is 632. The predicted octanol–water partition coefficient (Wildman–Crippen LogP) is 12.1. The van der Waals surface area contributed by atoms with E-state index in [9.17, 15) is 14.7 Å². The maximum atomic E-state index is 12.2. The fourth-order valence-electron chi connectivity index (χ4n) is 5.98. The Hall–Kier alpha value is -1.10. The molecular formula is C40H78O5. The third-order valence-electron chi connectivity index (χ3n) is 9.01. The molecule has 0 aromatic heterocycles. The average Bonchev–Trinajstić information content (AvgIpc) is 3.00. The first-order chi connectivity index (χ1) is 21.8. The van der Waals surface area contributed by atoms with Gasteiger partial charge in [-0.3, -0.25) is 9.59 Å². The van der Waals surface area contributed by atoms with Crippen LogP contribution in [0.4, 0.5) is 0 Å². The van der Waals surface area contributed by atoms with E-state index in [0.717, 1.165) is 50.4 Å². The molecule has 0 unspecified atom stereocenters. The molecule has 0 fully saturated rings. The van der Waals surface area contributed by atoms with E-state index in [1.807, 2.05) is 0 Å². The molecule has 0 rings (SSSR count). The van der Waals surface area contributed by atoms with E-state index >= 15 is 0 Å². The molecule has 0 aliphatic carbocycles. The summed E-state index contributed by atoms with van der Waals surface area (Å²) in [4.78, 5) is 24.2. The number of esters is 2. The van der Waals surface area contributed by atoms with E-state index < -0.39 is 6.10 Å². The average molecular weight is 639 g/mol. The molecular weight excluding hydrogens is 560 g/mol. The smallest absolute Gasteiger partial charge is 0.306 e. The van der Waals surface area contributed by atoms with Crippen molar-refractivity contribution in [3.05, 3.63) is 0 Å². The molecule has 0 amide bonds. The molecule has 0 bridgehead atoms. The summed E-state index contributed by atoms with van der Waals surface area (Å²) >= 11 is 0. The quantitative estimate of drug-likeness (QED) is 0.0552. The van der Waals surface area contributed by atoms with Crippen LogP contribution in [0.15, 0.2) is 0 Å². The van der Waals surface area contributed by atoms with Crippen LogP contribution in [0.5, 0.6) is 0 Å². The summed E-state index contributed by atoms with van der Waals surface area (Å²) in [6.07, 6.45) is 34.5. The predicted molar refractivity (Wildman–Crippen MR) is 191 cm³/mol. The zero-order valence-electron chi connectivity index (χ0n) is 30.7. The van der Waals surface area contributed by atoms with Gasteiger partial charge in [-0.2, -0.15) is 0 Å². The Balaban J connectivity index is 3.50. The van der Waals surface area contributed by atoms with Crippen LogP contribution in [0, 0.1) is 11.8 Å². The molecule has 268 valence electrons. The fourth-order valence-corrected chi connectivity index (χ4v) is 5.98. The van der Waals surface area contributed by atoms with Crippen LogP contribution in [0.25, 0.3) is 0 Å². The minimum absolute atomic E-state index is 0.0587.